The molecule has 1 saturated heterocycles. The summed E-state index contributed by atoms with van der Waals surface area (Å²) in [5.41, 5.74) is 10.4. The average Bonchev–Trinajstić information content (AvgIpc) is 3.51. The van der Waals surface area contributed by atoms with Gasteiger partial charge in [-0.15, -0.1) is 5.10 Å². The van der Waals surface area contributed by atoms with E-state index in [4.69, 9.17) is 16.7 Å². The number of aromatic nitrogens is 3. The summed E-state index contributed by atoms with van der Waals surface area (Å²) >= 11 is 1.19. The first-order valence-corrected chi connectivity index (χ1v) is 12.3. The number of rotatable bonds is 8. The van der Waals surface area contributed by atoms with Crippen LogP contribution in [0, 0.1) is 0 Å². The van der Waals surface area contributed by atoms with E-state index >= 15 is 0 Å². The van der Waals surface area contributed by atoms with Crippen molar-refractivity contribution in [2.45, 2.75) is 22.3 Å². The van der Waals surface area contributed by atoms with Gasteiger partial charge in [0.2, 0.25) is 10.0 Å². The lowest BCUT2D eigenvalue weighted by atomic mass is 9.97. The summed E-state index contributed by atoms with van der Waals surface area (Å²) in [6.45, 7) is 1.69. The Labute approximate surface area is 195 Å². The molecule has 0 bridgehead atoms. The van der Waals surface area contributed by atoms with Gasteiger partial charge in [0.1, 0.15) is 11.2 Å². The van der Waals surface area contributed by atoms with E-state index in [1.807, 2.05) is 24.3 Å². The summed E-state index contributed by atoms with van der Waals surface area (Å²) in [6, 6.07) is 11.0. The number of primary sulfonamides is 1. The molecular weight excluding hydrogens is 464 g/mol. The van der Waals surface area contributed by atoms with Crippen molar-refractivity contribution < 1.29 is 8.42 Å². The molecule has 0 radical (unpaired) electrons. The number of hydrogen-bond acceptors (Lipinski definition) is 10. The molecule has 3 aromatic rings. The second-order valence-electron chi connectivity index (χ2n) is 7.30. The van der Waals surface area contributed by atoms with Crippen LogP contribution in [-0.4, -0.2) is 48.6 Å². The van der Waals surface area contributed by atoms with Crippen LogP contribution in [0.1, 0.15) is 12.0 Å². The third-order valence-electron chi connectivity index (χ3n) is 5.09. The van der Waals surface area contributed by atoms with E-state index in [0.717, 1.165) is 25.1 Å². The highest BCUT2D eigenvalue weighted by molar-refractivity contribution is 7.98. The molecule has 1 aliphatic heterocycles. The van der Waals surface area contributed by atoms with Gasteiger partial charge < -0.3 is 11.1 Å². The zero-order valence-corrected chi connectivity index (χ0v) is 19.1. The quantitative estimate of drug-likeness (QED) is 0.0733. The van der Waals surface area contributed by atoms with Crippen LogP contribution in [0.25, 0.3) is 22.5 Å². The van der Waals surface area contributed by atoms with Gasteiger partial charge in [-0.05, 0) is 48.2 Å². The van der Waals surface area contributed by atoms with Crippen LogP contribution in [0.3, 0.4) is 0 Å². The lowest BCUT2D eigenvalue weighted by Gasteiger charge is -2.18. The number of aromatic amines is 1. The van der Waals surface area contributed by atoms with Crippen molar-refractivity contribution in [1.82, 2.24) is 30.8 Å². The van der Waals surface area contributed by atoms with Gasteiger partial charge in [0.05, 0.1) is 0 Å². The van der Waals surface area contributed by atoms with Crippen LogP contribution in [0.15, 0.2) is 57.6 Å². The lowest BCUT2D eigenvalue weighted by Crippen LogP contribution is -2.28. The van der Waals surface area contributed by atoms with Crippen molar-refractivity contribution in [2.75, 3.05) is 13.1 Å². The zero-order valence-electron chi connectivity index (χ0n) is 17.4. The first-order chi connectivity index (χ1) is 15.9. The summed E-state index contributed by atoms with van der Waals surface area (Å²) in [7, 11) is -4.19. The van der Waals surface area contributed by atoms with Gasteiger partial charge in [-0.3, -0.25) is 9.82 Å². The highest BCUT2D eigenvalue weighted by Crippen LogP contribution is 2.36. The third kappa shape index (κ3) is 5.16. The average molecular weight is 489 g/mol. The van der Waals surface area contributed by atoms with Crippen LogP contribution in [-0.2, 0) is 10.0 Å². The Bertz CT molecular complexity index is 1260. The second-order valence-corrected chi connectivity index (χ2v) is 9.68. The molecule has 0 amide bonds. The lowest BCUT2D eigenvalue weighted by molar-refractivity contribution is 0.595. The first-order valence-electron chi connectivity index (χ1n) is 9.97. The predicted molar refractivity (Wildman–Crippen MR) is 127 cm³/mol. The molecule has 14 heteroatoms. The number of H-pyrrole nitrogens is 1. The summed E-state index contributed by atoms with van der Waals surface area (Å²) < 4.78 is 28.8. The number of hydrazine groups is 1. The fourth-order valence-electron chi connectivity index (χ4n) is 3.62. The van der Waals surface area contributed by atoms with E-state index in [1.54, 1.807) is 12.1 Å². The van der Waals surface area contributed by atoms with Gasteiger partial charge in [-0.25, -0.2) is 29.9 Å². The minimum Gasteiger partial charge on any atom is -0.382 e. The monoisotopic (exact) mass is 488 g/mol. The Morgan fingerprint density at radius 3 is 2.73 bits per heavy atom. The Morgan fingerprint density at radius 1 is 1.24 bits per heavy atom. The highest BCUT2D eigenvalue weighted by atomic mass is 32.2. The normalized spacial score (nSPS) is 16.8. The molecule has 4 rings (SSSR count). The van der Waals surface area contributed by atoms with Crippen molar-refractivity contribution in [1.29, 1.82) is 0 Å². The maximum atomic E-state index is 12.8. The molecule has 33 heavy (non-hydrogen) atoms. The van der Waals surface area contributed by atoms with Gasteiger partial charge in [0, 0.05) is 28.6 Å². The summed E-state index contributed by atoms with van der Waals surface area (Å²) in [6.07, 6.45) is 2.40. The molecule has 0 aliphatic carbocycles. The van der Waals surface area contributed by atoms with Crippen molar-refractivity contribution in [3.63, 3.8) is 0 Å². The Kier molecular flexibility index (Phi) is 6.92. The Morgan fingerprint density at radius 2 is 2.06 bits per heavy atom. The predicted octanol–water partition coefficient (Wildman–Crippen LogP) is -0.172. The van der Waals surface area contributed by atoms with E-state index in [0.29, 0.717) is 21.8 Å². The minimum atomic E-state index is -4.19. The topological polar surface area (TPSA) is 202 Å². The van der Waals surface area contributed by atoms with Crippen LogP contribution < -0.4 is 32.3 Å². The molecule has 12 nitrogen and oxygen atoms in total. The third-order valence-corrected chi connectivity index (χ3v) is 7.22. The molecule has 0 spiro atoms. The smallest absolute Gasteiger partial charge is 0.239 e. The number of nitrogens with two attached hydrogens (primary N) is 3. The summed E-state index contributed by atoms with van der Waals surface area (Å²) in [5, 5.41) is 19.5. The molecule has 2 aromatic carbocycles. The molecule has 10 N–H and O–H groups in total. The van der Waals surface area contributed by atoms with Gasteiger partial charge in [-0.2, -0.15) is 5.10 Å². The number of benzene rings is 2. The van der Waals surface area contributed by atoms with Crippen LogP contribution >= 0.6 is 11.9 Å². The summed E-state index contributed by atoms with van der Waals surface area (Å²) in [4.78, 5) is 4.44. The molecule has 0 saturated carbocycles. The van der Waals surface area contributed by atoms with Crippen molar-refractivity contribution >= 4 is 27.8 Å². The minimum absolute atomic E-state index is 0.121. The van der Waals surface area contributed by atoms with E-state index in [-0.39, 0.29) is 22.3 Å². The van der Waals surface area contributed by atoms with Crippen LogP contribution in [0.5, 0.6) is 0 Å². The maximum absolute atomic E-state index is 12.8. The van der Waals surface area contributed by atoms with E-state index < -0.39 is 10.0 Å². The van der Waals surface area contributed by atoms with E-state index in [1.165, 1.54) is 18.3 Å². The number of nitrogens with one attached hydrogen (secondary N) is 4. The maximum Gasteiger partial charge on any atom is 0.239 e. The molecule has 1 unspecified atom stereocenters. The van der Waals surface area contributed by atoms with Crippen molar-refractivity contribution in [3.05, 3.63) is 48.3 Å². The number of nitrogens with zero attached hydrogens (tertiary/aromatic N) is 3. The molecule has 174 valence electrons. The molecular formula is C19H24N10O2S2. The van der Waals surface area contributed by atoms with Crippen LogP contribution in [0.4, 0.5) is 0 Å². The number of hydrogen-bond donors (Lipinski definition) is 7. The van der Waals surface area contributed by atoms with Crippen molar-refractivity contribution in [3.8, 4) is 22.5 Å². The second kappa shape index (κ2) is 9.86. The van der Waals surface area contributed by atoms with E-state index in [9.17, 15) is 8.42 Å². The largest absolute Gasteiger partial charge is 0.382 e. The fourth-order valence-corrected chi connectivity index (χ4v) is 5.77. The molecule has 1 aliphatic rings. The Balaban J connectivity index is 1.87. The van der Waals surface area contributed by atoms with E-state index in [2.05, 4.69) is 35.9 Å². The molecule has 1 atom stereocenters. The SMILES string of the molecule is NN/N=C(\N)c1c(-c2cccc(-c3nc[nH]n3)c2)ccc(SNC2CCNC2)c1S(N)(=O)=O. The standard InChI is InChI=1S/C19H24N10O2S2/c20-18(26-29-21)16-14(11-2-1-3-12(8-11)19-24-10-25-27-19)4-5-15(17(16)33(22,30)31)32-28-13-6-7-23-9-13/h1-5,8,10,13,23,28-29H,6-7,9,21H2,(H2,20,26)(H2,22,30,31)(H,24,25,27). The van der Waals surface area contributed by atoms with Gasteiger partial charge >= 0.3 is 0 Å². The molecule has 2 heterocycles. The fraction of sp³-hybridized carbons (Fsp3) is 0.211. The molecule has 1 fully saturated rings. The first kappa shape index (κ1) is 23.2. The number of sulfonamides is 1. The van der Waals surface area contributed by atoms with Crippen molar-refractivity contribution in [2.24, 2.45) is 21.8 Å². The number of amidine groups is 1. The Hall–Kier alpha value is -3.01. The van der Waals surface area contributed by atoms with Crippen LogP contribution in [0.2, 0.25) is 0 Å². The highest BCUT2D eigenvalue weighted by Gasteiger charge is 2.27. The van der Waals surface area contributed by atoms with Gasteiger partial charge in [0.25, 0.3) is 0 Å². The summed E-state index contributed by atoms with van der Waals surface area (Å²) in [5.74, 6) is 5.72. The van der Waals surface area contributed by atoms with Gasteiger partial charge in [-0.1, -0.05) is 24.3 Å². The zero-order chi connectivity index (χ0) is 23.4. The van der Waals surface area contributed by atoms with Gasteiger partial charge in [0.15, 0.2) is 11.7 Å². The number of hydrazone groups is 1. The molecule has 1 aromatic heterocycles.